The van der Waals surface area contributed by atoms with E-state index in [0.29, 0.717) is 17.8 Å². The Hall–Kier alpha value is -1.38. The van der Waals surface area contributed by atoms with Gasteiger partial charge in [0.15, 0.2) is 0 Å². The highest BCUT2D eigenvalue weighted by molar-refractivity contribution is 6.06. The summed E-state index contributed by atoms with van der Waals surface area (Å²) in [7, 11) is 0. The Morgan fingerprint density at radius 3 is 2.58 bits per heavy atom. The number of ether oxygens (including phenoxy) is 1. The van der Waals surface area contributed by atoms with Gasteiger partial charge in [0, 0.05) is 24.6 Å². The average Bonchev–Trinajstić information content (AvgIpc) is 2.76. The fourth-order valence-corrected chi connectivity index (χ4v) is 7.98. The number of hydrogen-bond donors (Lipinski definition) is 0. The number of hydrogen-bond acceptors (Lipinski definition) is 3. The molecule has 3 nitrogen and oxygen atoms in total. The molecule has 4 aliphatic rings. The van der Waals surface area contributed by atoms with Crippen molar-refractivity contribution >= 4 is 11.7 Å². The van der Waals surface area contributed by atoms with E-state index in [1.54, 1.807) is 18.1 Å². The maximum atomic E-state index is 11.5. The van der Waals surface area contributed by atoms with Crippen molar-refractivity contribution in [3.63, 3.8) is 0 Å². The molecule has 0 amide bonds. The first-order valence-electron chi connectivity index (χ1n) is 13.7. The van der Waals surface area contributed by atoms with Gasteiger partial charge in [0.05, 0.1) is 0 Å². The number of nitrogens with zero attached hydrogens (tertiary/aromatic N) is 1. The quantitative estimate of drug-likeness (QED) is 0.305. The highest BCUT2D eigenvalue weighted by atomic mass is 16.5. The van der Waals surface area contributed by atoms with Crippen LogP contribution in [0.1, 0.15) is 106 Å². The Balaban J connectivity index is 1.54. The van der Waals surface area contributed by atoms with Crippen molar-refractivity contribution in [2.45, 2.75) is 112 Å². The zero-order chi connectivity index (χ0) is 24.0. The molecule has 33 heavy (non-hydrogen) atoms. The largest absolute Gasteiger partial charge is 0.463 e. The van der Waals surface area contributed by atoms with Crippen LogP contribution in [0.4, 0.5) is 0 Å². The van der Waals surface area contributed by atoms with Gasteiger partial charge in [-0.2, -0.15) is 0 Å². The van der Waals surface area contributed by atoms with E-state index >= 15 is 0 Å². The van der Waals surface area contributed by atoms with Crippen molar-refractivity contribution < 1.29 is 9.53 Å². The molecule has 3 heteroatoms. The molecule has 184 valence electrons. The molecule has 0 radical (unpaired) electrons. The number of fused-ring (bicyclic) bond motifs is 4. The van der Waals surface area contributed by atoms with Gasteiger partial charge in [-0.15, -0.1) is 0 Å². The second kappa shape index (κ2) is 9.34. The molecule has 1 aliphatic heterocycles. The maximum Gasteiger partial charge on any atom is 0.302 e. The van der Waals surface area contributed by atoms with Gasteiger partial charge in [-0.05, 0) is 98.9 Å². The maximum absolute atomic E-state index is 11.5. The second-order valence-electron chi connectivity index (χ2n) is 12.5. The van der Waals surface area contributed by atoms with E-state index in [-0.39, 0.29) is 22.9 Å². The van der Waals surface area contributed by atoms with Crippen molar-refractivity contribution in [2.75, 3.05) is 6.54 Å². The molecule has 1 saturated carbocycles. The number of allylic oxidation sites excluding steroid dienone is 3. The molecule has 3 aliphatic carbocycles. The van der Waals surface area contributed by atoms with Gasteiger partial charge in [0.25, 0.3) is 0 Å². The Morgan fingerprint density at radius 1 is 1.12 bits per heavy atom. The van der Waals surface area contributed by atoms with Crippen LogP contribution in [0.3, 0.4) is 0 Å². The lowest BCUT2D eigenvalue weighted by molar-refractivity contribution is -0.150. The second-order valence-corrected chi connectivity index (χ2v) is 12.5. The lowest BCUT2D eigenvalue weighted by atomic mass is 9.50. The van der Waals surface area contributed by atoms with Gasteiger partial charge in [-0.3, -0.25) is 9.79 Å². The van der Waals surface area contributed by atoms with Crippen LogP contribution < -0.4 is 0 Å². The standard InChI is InChI=1S/C30H47NO2/c1-19(2)20(3)8-9-21(4)26-14-17-31-28-25-11-10-23-18-24(33-22(5)32)12-15-29(23,6)27(25)13-16-30(26,28)7/h19,21,23-24,26H,3,8-18H2,1-2,4-7H3. The highest BCUT2D eigenvalue weighted by Gasteiger charge is 2.53. The molecule has 0 aromatic rings. The smallest absolute Gasteiger partial charge is 0.302 e. The number of carbonyl (C=O) groups is 1. The molecule has 4 rings (SSSR count). The molecule has 6 atom stereocenters. The van der Waals surface area contributed by atoms with Crippen LogP contribution in [-0.2, 0) is 9.53 Å². The predicted octanol–water partition coefficient (Wildman–Crippen LogP) is 7.70. The SMILES string of the molecule is C=C(CCC(C)C1CCN=C2C3=C(CCC21C)C1(C)CCC(OC(C)=O)CC1CC3)C(C)C. The average molecular weight is 454 g/mol. The Labute approximate surface area is 202 Å². The summed E-state index contributed by atoms with van der Waals surface area (Å²) in [5.41, 5.74) is 6.74. The summed E-state index contributed by atoms with van der Waals surface area (Å²) in [5, 5.41) is 0. The molecule has 1 fully saturated rings. The molecule has 0 saturated heterocycles. The van der Waals surface area contributed by atoms with Crippen LogP contribution >= 0.6 is 0 Å². The van der Waals surface area contributed by atoms with E-state index < -0.39 is 0 Å². The normalized spacial score (nSPS) is 36.9. The number of carbonyl (C=O) groups excluding carboxylic acids is 1. The number of rotatable bonds is 6. The third-order valence-electron chi connectivity index (χ3n) is 10.2. The van der Waals surface area contributed by atoms with Crippen LogP contribution in [0.2, 0.25) is 0 Å². The first-order chi connectivity index (χ1) is 15.6. The van der Waals surface area contributed by atoms with Gasteiger partial charge in [0.1, 0.15) is 6.10 Å². The monoisotopic (exact) mass is 453 g/mol. The summed E-state index contributed by atoms with van der Waals surface area (Å²) in [5.74, 6) is 2.54. The van der Waals surface area contributed by atoms with E-state index in [9.17, 15) is 4.79 Å². The van der Waals surface area contributed by atoms with Crippen LogP contribution in [-0.4, -0.2) is 24.3 Å². The first kappa shape index (κ1) is 24.7. The summed E-state index contributed by atoms with van der Waals surface area (Å²) >= 11 is 0. The van der Waals surface area contributed by atoms with Gasteiger partial charge in [-0.1, -0.05) is 52.3 Å². The molecule has 0 spiro atoms. The van der Waals surface area contributed by atoms with Crippen LogP contribution in [0, 0.1) is 34.5 Å². The number of esters is 1. The fourth-order valence-electron chi connectivity index (χ4n) is 7.98. The number of aliphatic imine (C=N–C) groups is 1. The van der Waals surface area contributed by atoms with E-state index in [2.05, 4.69) is 41.2 Å². The molecule has 0 N–H and O–H groups in total. The molecule has 0 aromatic carbocycles. The van der Waals surface area contributed by atoms with Gasteiger partial charge in [0.2, 0.25) is 0 Å². The van der Waals surface area contributed by atoms with Crippen molar-refractivity contribution in [3.05, 3.63) is 23.3 Å². The lowest BCUT2D eigenvalue weighted by Crippen LogP contribution is -2.50. The zero-order valence-electron chi connectivity index (χ0n) is 22.1. The van der Waals surface area contributed by atoms with Gasteiger partial charge < -0.3 is 4.74 Å². The van der Waals surface area contributed by atoms with E-state index in [1.807, 2.05) is 0 Å². The molecule has 6 unspecified atom stereocenters. The molecular weight excluding hydrogens is 406 g/mol. The highest BCUT2D eigenvalue weighted by Crippen LogP contribution is 2.60. The first-order valence-corrected chi connectivity index (χ1v) is 13.7. The minimum absolute atomic E-state index is 0.120. The van der Waals surface area contributed by atoms with Crippen molar-refractivity contribution in [3.8, 4) is 0 Å². The lowest BCUT2D eigenvalue weighted by Gasteiger charge is -2.55. The Bertz CT molecular complexity index is 851. The minimum Gasteiger partial charge on any atom is -0.463 e. The van der Waals surface area contributed by atoms with Crippen LogP contribution in [0.25, 0.3) is 0 Å². The molecule has 0 bridgehead atoms. The third-order valence-corrected chi connectivity index (χ3v) is 10.2. The van der Waals surface area contributed by atoms with Gasteiger partial charge >= 0.3 is 5.97 Å². The van der Waals surface area contributed by atoms with Crippen molar-refractivity contribution in [1.29, 1.82) is 0 Å². The fraction of sp³-hybridized carbons (Fsp3) is 0.800. The minimum atomic E-state index is -0.124. The summed E-state index contributed by atoms with van der Waals surface area (Å²) in [4.78, 5) is 16.8. The molecular formula is C30H47NO2. The van der Waals surface area contributed by atoms with Crippen LogP contribution in [0.5, 0.6) is 0 Å². The Morgan fingerprint density at radius 2 is 1.88 bits per heavy atom. The Kier molecular flexibility index (Phi) is 7.00. The summed E-state index contributed by atoms with van der Waals surface area (Å²) in [6.45, 7) is 19.0. The van der Waals surface area contributed by atoms with Crippen molar-refractivity contribution in [1.82, 2.24) is 0 Å². The summed E-state index contributed by atoms with van der Waals surface area (Å²) in [6, 6.07) is 0. The zero-order valence-corrected chi connectivity index (χ0v) is 22.1. The predicted molar refractivity (Wildman–Crippen MR) is 137 cm³/mol. The van der Waals surface area contributed by atoms with E-state index in [1.165, 1.54) is 49.8 Å². The molecule has 0 aromatic heterocycles. The van der Waals surface area contributed by atoms with Gasteiger partial charge in [-0.25, -0.2) is 0 Å². The third kappa shape index (κ3) is 4.50. The van der Waals surface area contributed by atoms with E-state index in [4.69, 9.17) is 9.73 Å². The summed E-state index contributed by atoms with van der Waals surface area (Å²) in [6.07, 6.45) is 11.8. The van der Waals surface area contributed by atoms with Crippen LogP contribution in [0.15, 0.2) is 28.3 Å². The topological polar surface area (TPSA) is 38.7 Å². The van der Waals surface area contributed by atoms with Crippen molar-refractivity contribution in [2.24, 2.45) is 39.5 Å². The van der Waals surface area contributed by atoms with E-state index in [0.717, 1.165) is 38.1 Å². The molecule has 1 heterocycles. The summed E-state index contributed by atoms with van der Waals surface area (Å²) < 4.78 is 5.63.